The zero-order valence-corrected chi connectivity index (χ0v) is 13.4. The Kier molecular flexibility index (Phi) is 3.89. The van der Waals surface area contributed by atoms with E-state index in [0.717, 1.165) is 36.1 Å². The summed E-state index contributed by atoms with van der Waals surface area (Å²) in [5.74, 6) is 0.0409. The number of halogens is 2. The maximum Gasteiger partial charge on any atom is 0.137 e. The highest BCUT2D eigenvalue weighted by Crippen LogP contribution is 2.36. The first-order valence-electron chi connectivity index (χ1n) is 7.08. The zero-order chi connectivity index (χ0) is 15.0. The Balaban J connectivity index is 1.93. The Labute approximate surface area is 132 Å². The number of phenolic OH excluding ortho intramolecular Hbond substituents is 1. The third-order valence-corrected chi connectivity index (χ3v) is 4.65. The Morgan fingerprint density at radius 3 is 2.90 bits per heavy atom. The van der Waals surface area contributed by atoms with Crippen LogP contribution < -0.4 is 5.32 Å². The van der Waals surface area contributed by atoms with E-state index < -0.39 is 0 Å². The summed E-state index contributed by atoms with van der Waals surface area (Å²) >= 11 is 3.23. The second kappa shape index (κ2) is 5.68. The number of aryl methyl sites for hydroxylation is 2. The second-order valence-electron chi connectivity index (χ2n) is 5.55. The van der Waals surface area contributed by atoms with Gasteiger partial charge in [0.1, 0.15) is 11.6 Å². The van der Waals surface area contributed by atoms with Crippen molar-refractivity contribution in [3.8, 4) is 5.75 Å². The highest BCUT2D eigenvalue weighted by molar-refractivity contribution is 9.10. The molecule has 21 heavy (non-hydrogen) atoms. The van der Waals surface area contributed by atoms with E-state index in [-0.39, 0.29) is 11.9 Å². The minimum atomic E-state index is -0.250. The average Bonchev–Trinajstić information content (AvgIpc) is 2.45. The summed E-state index contributed by atoms with van der Waals surface area (Å²) in [4.78, 5) is 0. The van der Waals surface area contributed by atoms with Crippen LogP contribution in [0, 0.1) is 12.7 Å². The lowest BCUT2D eigenvalue weighted by Crippen LogP contribution is -2.17. The smallest absolute Gasteiger partial charge is 0.137 e. The molecule has 4 heteroatoms. The monoisotopic (exact) mass is 349 g/mol. The van der Waals surface area contributed by atoms with Gasteiger partial charge in [0.25, 0.3) is 0 Å². The summed E-state index contributed by atoms with van der Waals surface area (Å²) in [6.07, 6.45) is 3.15. The number of phenols is 1. The van der Waals surface area contributed by atoms with Crippen LogP contribution in [-0.2, 0) is 6.42 Å². The van der Waals surface area contributed by atoms with Gasteiger partial charge in [0, 0.05) is 5.69 Å². The van der Waals surface area contributed by atoms with Crippen molar-refractivity contribution in [1.82, 2.24) is 0 Å². The van der Waals surface area contributed by atoms with Crippen LogP contribution in [0.25, 0.3) is 0 Å². The highest BCUT2D eigenvalue weighted by Gasteiger charge is 2.21. The molecule has 2 nitrogen and oxygen atoms in total. The average molecular weight is 350 g/mol. The van der Waals surface area contributed by atoms with E-state index in [4.69, 9.17) is 0 Å². The molecule has 0 aromatic heterocycles. The minimum Gasteiger partial charge on any atom is -0.508 e. The molecule has 1 atom stereocenters. The van der Waals surface area contributed by atoms with E-state index in [0.29, 0.717) is 10.2 Å². The number of nitrogens with one attached hydrogen (secondary N) is 1. The molecule has 110 valence electrons. The SMILES string of the molecule is Cc1cc(F)c(Br)cc1NC1CCCc2ccc(O)cc21. The van der Waals surface area contributed by atoms with Gasteiger partial charge in [0.05, 0.1) is 10.5 Å². The zero-order valence-electron chi connectivity index (χ0n) is 11.8. The number of aromatic hydroxyl groups is 1. The maximum atomic E-state index is 13.5. The van der Waals surface area contributed by atoms with E-state index in [1.165, 1.54) is 11.6 Å². The Bertz CT molecular complexity index is 687. The Morgan fingerprint density at radius 2 is 2.10 bits per heavy atom. The molecule has 2 aromatic carbocycles. The fraction of sp³-hybridized carbons (Fsp3) is 0.294. The van der Waals surface area contributed by atoms with Crippen molar-refractivity contribution >= 4 is 21.6 Å². The van der Waals surface area contributed by atoms with Crippen LogP contribution in [0.3, 0.4) is 0 Å². The minimum absolute atomic E-state index is 0.150. The van der Waals surface area contributed by atoms with E-state index in [1.54, 1.807) is 12.1 Å². The molecule has 0 saturated carbocycles. The van der Waals surface area contributed by atoms with Crippen molar-refractivity contribution < 1.29 is 9.50 Å². The van der Waals surface area contributed by atoms with Gasteiger partial charge in [-0.1, -0.05) is 6.07 Å². The van der Waals surface area contributed by atoms with Gasteiger partial charge >= 0.3 is 0 Å². The summed E-state index contributed by atoms with van der Waals surface area (Å²) in [7, 11) is 0. The number of rotatable bonds is 2. The van der Waals surface area contributed by atoms with E-state index >= 15 is 0 Å². The molecule has 2 aromatic rings. The van der Waals surface area contributed by atoms with Gasteiger partial charge in [0.15, 0.2) is 0 Å². The molecule has 1 unspecified atom stereocenters. The molecular weight excluding hydrogens is 333 g/mol. The van der Waals surface area contributed by atoms with Gasteiger partial charge in [-0.25, -0.2) is 4.39 Å². The predicted octanol–water partition coefficient (Wildman–Crippen LogP) is 5.09. The topological polar surface area (TPSA) is 32.3 Å². The van der Waals surface area contributed by atoms with Crippen LogP contribution in [0.5, 0.6) is 5.75 Å². The van der Waals surface area contributed by atoms with Crippen molar-refractivity contribution in [3.05, 3.63) is 57.3 Å². The number of benzene rings is 2. The Morgan fingerprint density at radius 1 is 1.29 bits per heavy atom. The van der Waals surface area contributed by atoms with Crippen molar-refractivity contribution in [2.45, 2.75) is 32.2 Å². The first-order chi connectivity index (χ1) is 10.0. The fourth-order valence-electron chi connectivity index (χ4n) is 2.93. The molecule has 1 aliphatic carbocycles. The van der Waals surface area contributed by atoms with Crippen molar-refractivity contribution in [1.29, 1.82) is 0 Å². The molecule has 0 radical (unpaired) electrons. The van der Waals surface area contributed by atoms with Gasteiger partial charge < -0.3 is 10.4 Å². The molecule has 0 aliphatic heterocycles. The molecule has 3 rings (SSSR count). The molecule has 0 amide bonds. The van der Waals surface area contributed by atoms with Crippen LogP contribution in [-0.4, -0.2) is 5.11 Å². The lowest BCUT2D eigenvalue weighted by atomic mass is 9.87. The van der Waals surface area contributed by atoms with E-state index in [2.05, 4.69) is 21.2 Å². The largest absolute Gasteiger partial charge is 0.508 e. The van der Waals surface area contributed by atoms with Crippen LogP contribution in [0.4, 0.5) is 10.1 Å². The number of fused-ring (bicyclic) bond motifs is 1. The third-order valence-electron chi connectivity index (χ3n) is 4.04. The third kappa shape index (κ3) is 2.91. The first-order valence-corrected chi connectivity index (χ1v) is 7.88. The van der Waals surface area contributed by atoms with E-state index in [9.17, 15) is 9.50 Å². The lowest BCUT2D eigenvalue weighted by molar-refractivity contribution is 0.471. The summed E-state index contributed by atoms with van der Waals surface area (Å²) in [6, 6.07) is 9.02. The lowest BCUT2D eigenvalue weighted by Gasteiger charge is -2.28. The quantitative estimate of drug-likeness (QED) is 0.791. The standard InChI is InChI=1S/C17H17BrFNO/c1-10-7-15(19)14(18)9-17(10)20-16-4-2-3-11-5-6-12(21)8-13(11)16/h5-9,16,20-21H,2-4H2,1H3. The summed E-state index contributed by atoms with van der Waals surface area (Å²) in [5, 5.41) is 13.2. The van der Waals surface area contributed by atoms with Gasteiger partial charge in [0.2, 0.25) is 0 Å². The first kappa shape index (κ1) is 14.4. The highest BCUT2D eigenvalue weighted by atomic mass is 79.9. The molecule has 1 aliphatic rings. The molecule has 0 spiro atoms. The molecule has 0 fully saturated rings. The van der Waals surface area contributed by atoms with Gasteiger partial charge in [-0.05, 0) is 83.1 Å². The van der Waals surface area contributed by atoms with Gasteiger partial charge in [-0.3, -0.25) is 0 Å². The van der Waals surface area contributed by atoms with Crippen LogP contribution in [0.2, 0.25) is 0 Å². The summed E-state index contributed by atoms with van der Waals surface area (Å²) < 4.78 is 14.0. The van der Waals surface area contributed by atoms with E-state index in [1.807, 2.05) is 19.1 Å². The maximum absolute atomic E-state index is 13.5. The van der Waals surface area contributed by atoms with Crippen molar-refractivity contribution in [3.63, 3.8) is 0 Å². The van der Waals surface area contributed by atoms with Crippen LogP contribution >= 0.6 is 15.9 Å². The molecule has 0 saturated heterocycles. The van der Waals surface area contributed by atoms with Crippen LogP contribution in [0.15, 0.2) is 34.8 Å². The number of hydrogen-bond acceptors (Lipinski definition) is 2. The van der Waals surface area contributed by atoms with Crippen LogP contribution in [0.1, 0.15) is 35.6 Å². The molecule has 0 bridgehead atoms. The Hall–Kier alpha value is -1.55. The number of anilines is 1. The second-order valence-corrected chi connectivity index (χ2v) is 6.41. The van der Waals surface area contributed by atoms with Gasteiger partial charge in [-0.2, -0.15) is 0 Å². The fourth-order valence-corrected chi connectivity index (χ4v) is 3.27. The summed E-state index contributed by atoms with van der Waals surface area (Å²) in [6.45, 7) is 1.89. The summed E-state index contributed by atoms with van der Waals surface area (Å²) in [5.41, 5.74) is 4.21. The van der Waals surface area contributed by atoms with Crippen molar-refractivity contribution in [2.24, 2.45) is 0 Å². The number of hydrogen-bond donors (Lipinski definition) is 2. The molecule has 2 N–H and O–H groups in total. The van der Waals surface area contributed by atoms with Gasteiger partial charge in [-0.15, -0.1) is 0 Å². The molecule has 0 heterocycles. The predicted molar refractivity (Wildman–Crippen MR) is 86.2 cm³/mol. The normalized spacial score (nSPS) is 17.4. The molecular formula is C17H17BrFNO. The van der Waals surface area contributed by atoms with Crippen molar-refractivity contribution in [2.75, 3.05) is 5.32 Å².